The van der Waals surface area contributed by atoms with Gasteiger partial charge in [-0.2, -0.15) is 0 Å². The summed E-state index contributed by atoms with van der Waals surface area (Å²) in [7, 11) is 4.14. The van der Waals surface area contributed by atoms with E-state index in [2.05, 4.69) is 24.3 Å². The molecule has 1 aliphatic rings. The van der Waals surface area contributed by atoms with Crippen LogP contribution in [0.5, 0.6) is 5.75 Å². The van der Waals surface area contributed by atoms with Gasteiger partial charge in [-0.1, -0.05) is 25.0 Å². The van der Waals surface area contributed by atoms with E-state index in [4.69, 9.17) is 9.47 Å². The highest BCUT2D eigenvalue weighted by Gasteiger charge is 2.27. The van der Waals surface area contributed by atoms with Gasteiger partial charge in [-0.25, -0.2) is 4.79 Å². The van der Waals surface area contributed by atoms with Crippen molar-refractivity contribution in [2.24, 2.45) is 5.92 Å². The van der Waals surface area contributed by atoms with E-state index in [0.29, 0.717) is 24.0 Å². The molecule has 25 heavy (non-hydrogen) atoms. The van der Waals surface area contributed by atoms with E-state index in [1.54, 1.807) is 0 Å². The number of rotatable bonds is 6. The van der Waals surface area contributed by atoms with Gasteiger partial charge in [0.15, 0.2) is 0 Å². The summed E-state index contributed by atoms with van der Waals surface area (Å²) in [4.78, 5) is 14.6. The topological polar surface area (TPSA) is 50.8 Å². The zero-order valence-corrected chi connectivity index (χ0v) is 16.3. The van der Waals surface area contributed by atoms with E-state index in [0.717, 1.165) is 25.8 Å². The molecule has 1 saturated carbocycles. The van der Waals surface area contributed by atoms with Crippen molar-refractivity contribution in [3.8, 4) is 5.75 Å². The highest BCUT2D eigenvalue weighted by atomic mass is 35.5. The summed E-state index contributed by atoms with van der Waals surface area (Å²) in [6, 6.07) is 7.44. The zero-order valence-electron chi connectivity index (χ0n) is 15.5. The van der Waals surface area contributed by atoms with Gasteiger partial charge in [0, 0.05) is 12.5 Å². The van der Waals surface area contributed by atoms with Gasteiger partial charge in [-0.05, 0) is 52.4 Å². The van der Waals surface area contributed by atoms with Gasteiger partial charge < -0.3 is 14.4 Å². The van der Waals surface area contributed by atoms with Crippen LogP contribution < -0.4 is 10.1 Å². The molecular weight excluding hydrogens is 340 g/mol. The Labute approximate surface area is 157 Å². The number of nitrogens with zero attached hydrogens (tertiary/aromatic N) is 1. The number of carbonyl (C=O) groups excluding carboxylic acids is 1. The lowest BCUT2D eigenvalue weighted by molar-refractivity contribution is 0.0569. The van der Waals surface area contributed by atoms with Crippen molar-refractivity contribution in [3.63, 3.8) is 0 Å². The summed E-state index contributed by atoms with van der Waals surface area (Å²) in [6.45, 7) is 3.43. The molecule has 0 heterocycles. The van der Waals surface area contributed by atoms with E-state index >= 15 is 0 Å². The Kier molecular flexibility index (Phi) is 9.68. The Hall–Kier alpha value is -1.46. The Bertz CT molecular complexity index is 525. The SMILES string of the molecule is CCOc1ccccc1NC(=O)O[C@H]1CCCCC[C@@H]1CN(C)C.Cl. The number of carbonyl (C=O) groups is 1. The number of anilines is 1. The number of para-hydroxylation sites is 2. The van der Waals surface area contributed by atoms with Crippen molar-refractivity contribution in [3.05, 3.63) is 24.3 Å². The molecule has 1 N–H and O–H groups in total. The molecule has 1 aromatic rings. The van der Waals surface area contributed by atoms with E-state index in [9.17, 15) is 4.79 Å². The fourth-order valence-corrected chi connectivity index (χ4v) is 3.31. The second-order valence-corrected chi connectivity index (χ2v) is 6.66. The number of ether oxygens (including phenoxy) is 2. The number of amides is 1. The lowest BCUT2D eigenvalue weighted by atomic mass is 9.97. The van der Waals surface area contributed by atoms with Gasteiger partial charge >= 0.3 is 6.09 Å². The molecule has 2 rings (SSSR count). The predicted octanol–water partition coefficient (Wildman–Crippen LogP) is 4.57. The van der Waals surface area contributed by atoms with Crippen molar-refractivity contribution >= 4 is 24.2 Å². The molecule has 6 heteroatoms. The maximum atomic E-state index is 12.4. The highest BCUT2D eigenvalue weighted by Crippen LogP contribution is 2.28. The Balaban J connectivity index is 0.00000312. The minimum atomic E-state index is -0.391. The second-order valence-electron chi connectivity index (χ2n) is 6.66. The monoisotopic (exact) mass is 370 g/mol. The van der Waals surface area contributed by atoms with Crippen molar-refractivity contribution in [1.29, 1.82) is 0 Å². The summed E-state index contributed by atoms with van der Waals surface area (Å²) >= 11 is 0. The van der Waals surface area contributed by atoms with E-state index < -0.39 is 6.09 Å². The largest absolute Gasteiger partial charge is 0.492 e. The van der Waals surface area contributed by atoms with Gasteiger partial charge in [0.25, 0.3) is 0 Å². The maximum absolute atomic E-state index is 12.4. The molecule has 142 valence electrons. The van der Waals surface area contributed by atoms with Crippen molar-refractivity contribution < 1.29 is 14.3 Å². The van der Waals surface area contributed by atoms with E-state index in [-0.39, 0.29) is 18.5 Å². The first kappa shape index (κ1) is 21.6. The summed E-state index contributed by atoms with van der Waals surface area (Å²) in [6.07, 6.45) is 5.21. The number of halogens is 1. The standard InChI is InChI=1S/C19H30N2O3.ClH/c1-4-23-18-13-9-8-11-16(18)20-19(22)24-17-12-7-5-6-10-15(17)14-21(2)3;/h8-9,11,13,15,17H,4-7,10,12,14H2,1-3H3,(H,20,22);1H/t15-,17+;/m1./s1. The van der Waals surface area contributed by atoms with Crippen LogP contribution in [0.3, 0.4) is 0 Å². The lowest BCUT2D eigenvalue weighted by Gasteiger charge is -2.27. The Morgan fingerprint density at radius 2 is 1.92 bits per heavy atom. The molecule has 5 nitrogen and oxygen atoms in total. The third-order valence-electron chi connectivity index (χ3n) is 4.37. The molecule has 0 saturated heterocycles. The van der Waals surface area contributed by atoms with Crippen LogP contribution in [-0.2, 0) is 4.74 Å². The molecule has 1 aromatic carbocycles. The molecule has 0 aromatic heterocycles. The first-order chi connectivity index (χ1) is 11.6. The second kappa shape index (κ2) is 11.2. The first-order valence-electron chi connectivity index (χ1n) is 8.94. The van der Waals surface area contributed by atoms with Gasteiger partial charge in [-0.3, -0.25) is 5.32 Å². The molecule has 0 unspecified atom stereocenters. The molecule has 0 aliphatic heterocycles. The molecule has 0 bridgehead atoms. The summed E-state index contributed by atoms with van der Waals surface area (Å²) in [5.74, 6) is 1.07. The molecule has 0 radical (unpaired) electrons. The van der Waals surface area contributed by atoms with Gasteiger partial charge in [0.1, 0.15) is 11.9 Å². The smallest absolute Gasteiger partial charge is 0.412 e. The summed E-state index contributed by atoms with van der Waals surface area (Å²) < 4.78 is 11.3. The Morgan fingerprint density at radius 1 is 1.20 bits per heavy atom. The maximum Gasteiger partial charge on any atom is 0.412 e. The van der Waals surface area contributed by atoms with Crippen LogP contribution in [0.4, 0.5) is 10.5 Å². The molecule has 1 amide bonds. The van der Waals surface area contributed by atoms with Crippen molar-refractivity contribution in [2.75, 3.05) is 32.6 Å². The number of hydrogen-bond donors (Lipinski definition) is 1. The minimum Gasteiger partial charge on any atom is -0.492 e. The first-order valence-corrected chi connectivity index (χ1v) is 8.94. The molecule has 0 spiro atoms. The lowest BCUT2D eigenvalue weighted by Crippen LogP contribution is -2.34. The minimum absolute atomic E-state index is 0. The van der Waals surface area contributed by atoms with Crippen molar-refractivity contribution in [1.82, 2.24) is 4.90 Å². The third-order valence-corrected chi connectivity index (χ3v) is 4.37. The van der Waals surface area contributed by atoms with Gasteiger partial charge in [0.2, 0.25) is 0 Å². The fourth-order valence-electron chi connectivity index (χ4n) is 3.31. The third kappa shape index (κ3) is 7.12. The number of benzene rings is 1. The van der Waals surface area contributed by atoms with E-state index in [1.807, 2.05) is 31.2 Å². The molecule has 2 atom stereocenters. The van der Waals surface area contributed by atoms with Crippen molar-refractivity contribution in [2.45, 2.75) is 45.1 Å². The molecular formula is C19H31ClN2O3. The van der Waals surface area contributed by atoms with E-state index in [1.165, 1.54) is 12.8 Å². The number of nitrogens with one attached hydrogen (secondary N) is 1. The van der Waals surface area contributed by atoms with Crippen LogP contribution in [0.15, 0.2) is 24.3 Å². The quantitative estimate of drug-likeness (QED) is 0.745. The van der Waals surface area contributed by atoms with Crippen LogP contribution in [-0.4, -0.2) is 44.3 Å². The molecule has 1 aliphatic carbocycles. The van der Waals surface area contributed by atoms with Crippen LogP contribution in [0.1, 0.15) is 39.0 Å². The zero-order chi connectivity index (χ0) is 17.4. The average molecular weight is 371 g/mol. The summed E-state index contributed by atoms with van der Waals surface area (Å²) in [5.41, 5.74) is 0.655. The normalized spacial score (nSPS) is 20.3. The molecule has 1 fully saturated rings. The number of hydrogen-bond acceptors (Lipinski definition) is 4. The van der Waals surface area contributed by atoms with Crippen LogP contribution in [0.2, 0.25) is 0 Å². The van der Waals surface area contributed by atoms with Crippen LogP contribution in [0, 0.1) is 5.92 Å². The highest BCUT2D eigenvalue weighted by molar-refractivity contribution is 5.86. The summed E-state index contributed by atoms with van der Waals surface area (Å²) in [5, 5.41) is 2.84. The fraction of sp³-hybridized carbons (Fsp3) is 0.632. The van der Waals surface area contributed by atoms with Crippen LogP contribution in [0.25, 0.3) is 0 Å². The Morgan fingerprint density at radius 3 is 2.64 bits per heavy atom. The van der Waals surface area contributed by atoms with Crippen LogP contribution >= 0.6 is 12.4 Å². The average Bonchev–Trinajstić information content (AvgIpc) is 2.74. The van der Waals surface area contributed by atoms with Gasteiger partial charge in [0.05, 0.1) is 12.3 Å². The predicted molar refractivity (Wildman–Crippen MR) is 104 cm³/mol. The van der Waals surface area contributed by atoms with Gasteiger partial charge in [-0.15, -0.1) is 12.4 Å².